The second-order valence-electron chi connectivity index (χ2n) is 6.59. The molecule has 0 atom stereocenters. The molecule has 0 unspecified atom stereocenters. The Morgan fingerprint density at radius 2 is 1.77 bits per heavy atom. The number of rotatable bonds is 7. The van der Waals surface area contributed by atoms with Crippen LogP contribution in [0.5, 0.6) is 17.2 Å². The van der Waals surface area contributed by atoms with Gasteiger partial charge in [0.25, 0.3) is 11.5 Å². The molecule has 0 saturated carbocycles. The third-order valence-corrected chi connectivity index (χ3v) is 4.61. The molecule has 0 radical (unpaired) electrons. The van der Waals surface area contributed by atoms with Gasteiger partial charge in [0, 0.05) is 11.5 Å². The maximum absolute atomic E-state index is 12.5. The lowest BCUT2D eigenvalue weighted by molar-refractivity contribution is 0.0936. The van der Waals surface area contributed by atoms with Crippen molar-refractivity contribution in [3.8, 4) is 17.2 Å². The zero-order valence-electron chi connectivity index (χ0n) is 17.0. The minimum absolute atomic E-state index is 0.121. The van der Waals surface area contributed by atoms with Gasteiger partial charge < -0.3 is 24.5 Å². The fourth-order valence-corrected chi connectivity index (χ4v) is 3.09. The number of ether oxygens (including phenoxy) is 3. The van der Waals surface area contributed by atoms with Crippen molar-refractivity contribution in [1.29, 1.82) is 0 Å². The highest BCUT2D eigenvalue weighted by atomic mass is 16.5. The van der Waals surface area contributed by atoms with E-state index in [2.05, 4.69) is 20.3 Å². The number of para-hydroxylation sites is 1. The summed E-state index contributed by atoms with van der Waals surface area (Å²) in [5, 5.41) is 3.63. The molecule has 31 heavy (non-hydrogen) atoms. The number of aromatic nitrogens is 3. The first kappa shape index (κ1) is 20.1. The fourth-order valence-electron chi connectivity index (χ4n) is 3.09. The topological polar surface area (TPSA) is 115 Å². The van der Waals surface area contributed by atoms with Gasteiger partial charge in [-0.3, -0.25) is 9.59 Å². The molecule has 9 nitrogen and oxygen atoms in total. The van der Waals surface area contributed by atoms with E-state index in [0.29, 0.717) is 28.2 Å². The van der Waals surface area contributed by atoms with Gasteiger partial charge in [-0.1, -0.05) is 18.2 Å². The standard InChI is InChI=1S/C22H20N4O5/c1-29-17-11-13-10-15-19(24-16(13)12-18(17)30-2)25-20(26-21(15)27)22(28)23-8-9-31-14-6-4-3-5-7-14/h3-7,10-12H,8-9H2,1-2H3,(H,23,28)(H,24,25,26,27). The molecule has 1 amide bonds. The van der Waals surface area contributed by atoms with Crippen molar-refractivity contribution in [2.75, 3.05) is 27.4 Å². The van der Waals surface area contributed by atoms with Crippen LogP contribution in [-0.4, -0.2) is 48.2 Å². The number of hydrogen-bond donors (Lipinski definition) is 2. The zero-order chi connectivity index (χ0) is 21.8. The Hall–Kier alpha value is -4.14. The summed E-state index contributed by atoms with van der Waals surface area (Å²) in [7, 11) is 3.06. The molecule has 158 valence electrons. The molecule has 4 rings (SSSR count). The molecule has 0 aliphatic heterocycles. The van der Waals surface area contributed by atoms with Crippen molar-refractivity contribution >= 4 is 27.8 Å². The number of methoxy groups -OCH3 is 2. The lowest BCUT2D eigenvalue weighted by Gasteiger charge is -2.10. The number of H-pyrrole nitrogens is 1. The molecule has 0 bridgehead atoms. The van der Waals surface area contributed by atoms with Crippen LogP contribution < -0.4 is 25.1 Å². The van der Waals surface area contributed by atoms with Crippen LogP contribution in [0.2, 0.25) is 0 Å². The maximum Gasteiger partial charge on any atom is 0.287 e. The Morgan fingerprint density at radius 1 is 1.03 bits per heavy atom. The van der Waals surface area contributed by atoms with Crippen molar-refractivity contribution in [3.05, 3.63) is 64.7 Å². The monoisotopic (exact) mass is 420 g/mol. The van der Waals surface area contributed by atoms with E-state index in [0.717, 1.165) is 0 Å². The molecule has 2 aromatic carbocycles. The second kappa shape index (κ2) is 8.70. The van der Waals surface area contributed by atoms with Crippen LogP contribution in [0.4, 0.5) is 0 Å². The van der Waals surface area contributed by atoms with Crippen LogP contribution in [0.25, 0.3) is 21.9 Å². The van der Waals surface area contributed by atoms with Crippen LogP contribution in [0, 0.1) is 0 Å². The quantitative estimate of drug-likeness (QED) is 0.348. The van der Waals surface area contributed by atoms with Crippen molar-refractivity contribution in [2.45, 2.75) is 0 Å². The van der Waals surface area contributed by atoms with Gasteiger partial charge in [-0.05, 0) is 24.3 Å². The lowest BCUT2D eigenvalue weighted by Crippen LogP contribution is -2.31. The molecule has 2 heterocycles. The summed E-state index contributed by atoms with van der Waals surface area (Å²) in [5.41, 5.74) is 0.264. The van der Waals surface area contributed by atoms with Gasteiger partial charge in [-0.2, -0.15) is 0 Å². The number of hydrogen-bond acceptors (Lipinski definition) is 7. The predicted octanol–water partition coefficient (Wildman–Crippen LogP) is 2.30. The largest absolute Gasteiger partial charge is 0.493 e. The van der Waals surface area contributed by atoms with Crippen molar-refractivity contribution in [1.82, 2.24) is 20.3 Å². The first-order valence-corrected chi connectivity index (χ1v) is 9.52. The number of carbonyl (C=O) groups excluding carboxylic acids is 1. The van der Waals surface area contributed by atoms with E-state index < -0.39 is 11.5 Å². The van der Waals surface area contributed by atoms with Gasteiger partial charge in [0.1, 0.15) is 12.4 Å². The number of amides is 1. The van der Waals surface area contributed by atoms with Gasteiger partial charge in [-0.15, -0.1) is 0 Å². The highest BCUT2D eigenvalue weighted by Gasteiger charge is 2.14. The summed E-state index contributed by atoms with van der Waals surface area (Å²) >= 11 is 0. The van der Waals surface area contributed by atoms with Crippen LogP contribution in [0.3, 0.4) is 0 Å². The molecule has 0 fully saturated rings. The molecule has 2 aromatic heterocycles. The normalized spacial score (nSPS) is 10.8. The Balaban J connectivity index is 1.56. The Kier molecular flexibility index (Phi) is 5.65. The molecule has 2 N–H and O–H groups in total. The summed E-state index contributed by atoms with van der Waals surface area (Å²) in [6, 6.07) is 14.3. The number of benzene rings is 2. The van der Waals surface area contributed by atoms with Crippen molar-refractivity contribution in [2.24, 2.45) is 0 Å². The first-order chi connectivity index (χ1) is 15.1. The van der Waals surface area contributed by atoms with E-state index in [1.807, 2.05) is 30.3 Å². The van der Waals surface area contributed by atoms with Gasteiger partial charge >= 0.3 is 0 Å². The minimum atomic E-state index is -0.523. The van der Waals surface area contributed by atoms with Crippen LogP contribution in [0.15, 0.2) is 53.3 Å². The zero-order valence-corrected chi connectivity index (χ0v) is 17.0. The average Bonchev–Trinajstić information content (AvgIpc) is 2.80. The number of fused-ring (bicyclic) bond motifs is 2. The summed E-state index contributed by atoms with van der Waals surface area (Å²) in [4.78, 5) is 36.1. The average molecular weight is 420 g/mol. The first-order valence-electron chi connectivity index (χ1n) is 9.52. The van der Waals surface area contributed by atoms with Crippen LogP contribution >= 0.6 is 0 Å². The molecule has 0 spiro atoms. The number of pyridine rings is 1. The Labute approximate surface area is 177 Å². The number of nitrogens with one attached hydrogen (secondary N) is 2. The SMILES string of the molecule is COc1cc2cc3c(=O)[nH]c(C(=O)NCCOc4ccccc4)nc3nc2cc1OC. The van der Waals surface area contributed by atoms with E-state index in [4.69, 9.17) is 14.2 Å². The lowest BCUT2D eigenvalue weighted by atomic mass is 10.1. The summed E-state index contributed by atoms with van der Waals surface area (Å²) in [6.45, 7) is 0.524. The van der Waals surface area contributed by atoms with Gasteiger partial charge in [0.05, 0.1) is 31.7 Å². The van der Waals surface area contributed by atoms with Crippen molar-refractivity contribution in [3.63, 3.8) is 0 Å². The van der Waals surface area contributed by atoms with E-state index in [-0.39, 0.29) is 30.0 Å². The smallest absolute Gasteiger partial charge is 0.287 e. The molecular weight excluding hydrogens is 400 g/mol. The fraction of sp³-hybridized carbons (Fsp3) is 0.182. The summed E-state index contributed by atoms with van der Waals surface area (Å²) in [6.07, 6.45) is 0. The molecule has 4 aromatic rings. The Bertz CT molecular complexity index is 1300. The molecule has 0 aliphatic rings. The molecule has 9 heteroatoms. The molecular formula is C22H20N4O5. The third kappa shape index (κ3) is 4.25. The highest BCUT2D eigenvalue weighted by molar-refractivity contribution is 5.95. The highest BCUT2D eigenvalue weighted by Crippen LogP contribution is 2.32. The summed E-state index contributed by atoms with van der Waals surface area (Å²) < 4.78 is 16.1. The van der Waals surface area contributed by atoms with E-state index in [1.165, 1.54) is 14.2 Å². The van der Waals surface area contributed by atoms with Gasteiger partial charge in [-0.25, -0.2) is 9.97 Å². The predicted molar refractivity (Wildman–Crippen MR) is 115 cm³/mol. The van der Waals surface area contributed by atoms with E-state index in [1.54, 1.807) is 18.2 Å². The summed E-state index contributed by atoms with van der Waals surface area (Å²) in [5.74, 6) is 1.09. The van der Waals surface area contributed by atoms with Gasteiger partial charge in [0.15, 0.2) is 17.1 Å². The molecule has 0 aliphatic carbocycles. The second-order valence-corrected chi connectivity index (χ2v) is 6.59. The van der Waals surface area contributed by atoms with E-state index in [9.17, 15) is 9.59 Å². The third-order valence-electron chi connectivity index (χ3n) is 4.61. The van der Waals surface area contributed by atoms with Crippen molar-refractivity contribution < 1.29 is 19.0 Å². The number of aromatic amines is 1. The molecule has 0 saturated heterocycles. The Morgan fingerprint density at radius 3 is 2.52 bits per heavy atom. The maximum atomic E-state index is 12.5. The number of carbonyl (C=O) groups is 1. The van der Waals surface area contributed by atoms with Crippen LogP contribution in [0.1, 0.15) is 10.6 Å². The minimum Gasteiger partial charge on any atom is -0.493 e. The van der Waals surface area contributed by atoms with E-state index >= 15 is 0 Å². The van der Waals surface area contributed by atoms with Gasteiger partial charge in [0.2, 0.25) is 5.82 Å². The van der Waals surface area contributed by atoms with Crippen LogP contribution in [-0.2, 0) is 0 Å². The number of nitrogens with zero attached hydrogens (tertiary/aromatic N) is 2.